The monoisotopic (exact) mass is 351 g/mol. The zero-order valence-electron chi connectivity index (χ0n) is 14.6. The Morgan fingerprint density at radius 1 is 1.12 bits per heavy atom. The average Bonchev–Trinajstić information content (AvgIpc) is 2.83. The molecule has 0 aromatic heterocycles. The normalized spacial score (nSPS) is 43.1. The second-order valence-corrected chi connectivity index (χ2v) is 11.3. The molecule has 4 saturated carbocycles. The maximum atomic E-state index is 12.3. The number of allylic oxidation sites excluding steroid dienone is 1. The number of nitrogens with one attached hydrogen (secondary N) is 1. The summed E-state index contributed by atoms with van der Waals surface area (Å²) >= 11 is 0. The predicted octanol–water partition coefficient (Wildman–Crippen LogP) is 2.70. The largest absolute Gasteiger partial charge is 0.352 e. The Morgan fingerprint density at radius 3 is 2.21 bits per heavy atom. The number of rotatable bonds is 4. The van der Waals surface area contributed by atoms with Crippen molar-refractivity contribution in [3.63, 3.8) is 0 Å². The number of carbonyl (C=O) groups excluding carboxylic acids is 1. The first-order chi connectivity index (χ1) is 11.3. The second kappa shape index (κ2) is 5.86. The van der Waals surface area contributed by atoms with Gasteiger partial charge >= 0.3 is 0 Å². The van der Waals surface area contributed by atoms with Crippen molar-refractivity contribution < 1.29 is 13.2 Å². The third-order valence-corrected chi connectivity index (χ3v) is 8.95. The van der Waals surface area contributed by atoms with Crippen LogP contribution in [0.4, 0.5) is 0 Å². The highest BCUT2D eigenvalue weighted by atomic mass is 32.2. The summed E-state index contributed by atoms with van der Waals surface area (Å²) in [4.78, 5) is 12.3. The molecule has 5 heteroatoms. The minimum absolute atomic E-state index is 0.0347. The predicted molar refractivity (Wildman–Crippen MR) is 94.1 cm³/mol. The van der Waals surface area contributed by atoms with E-state index in [1.54, 1.807) is 0 Å². The molecule has 0 aromatic rings. The smallest absolute Gasteiger partial charge is 0.243 e. The van der Waals surface area contributed by atoms with Crippen LogP contribution in [-0.4, -0.2) is 32.4 Å². The number of hydrogen-bond donors (Lipinski definition) is 1. The highest BCUT2D eigenvalue weighted by Crippen LogP contribution is 2.62. The van der Waals surface area contributed by atoms with E-state index < -0.39 is 9.84 Å². The minimum atomic E-state index is -2.86. The SMILES string of the molecule is CC(=CC(=O)NCC1CCS(=O)(=O)C1)C12CC3CC(CC(C3)C1)C2. The molecule has 134 valence electrons. The molecule has 1 aliphatic heterocycles. The van der Waals surface area contributed by atoms with Gasteiger partial charge in [0.1, 0.15) is 0 Å². The Hall–Kier alpha value is -0.840. The first kappa shape index (κ1) is 16.6. The van der Waals surface area contributed by atoms with Gasteiger partial charge in [-0.15, -0.1) is 0 Å². The molecule has 1 N–H and O–H groups in total. The maximum Gasteiger partial charge on any atom is 0.243 e. The summed E-state index contributed by atoms with van der Waals surface area (Å²) < 4.78 is 23.0. The fraction of sp³-hybridized carbons (Fsp3) is 0.842. The molecule has 1 amide bonds. The van der Waals surface area contributed by atoms with Gasteiger partial charge in [-0.25, -0.2) is 8.42 Å². The summed E-state index contributed by atoms with van der Waals surface area (Å²) in [6.07, 6.45) is 10.6. The van der Waals surface area contributed by atoms with Gasteiger partial charge in [0.2, 0.25) is 5.91 Å². The zero-order chi connectivity index (χ0) is 16.9. The summed E-state index contributed by atoms with van der Waals surface area (Å²) in [5.74, 6) is 3.20. The van der Waals surface area contributed by atoms with Gasteiger partial charge in [0.15, 0.2) is 9.84 Å². The number of carbonyl (C=O) groups is 1. The molecule has 1 unspecified atom stereocenters. The molecule has 4 bridgehead atoms. The van der Waals surface area contributed by atoms with E-state index in [1.807, 2.05) is 6.08 Å². The fourth-order valence-corrected chi connectivity index (χ4v) is 8.13. The van der Waals surface area contributed by atoms with Crippen LogP contribution in [0.5, 0.6) is 0 Å². The Kier molecular flexibility index (Phi) is 4.06. The van der Waals surface area contributed by atoms with Gasteiger partial charge in [0.05, 0.1) is 11.5 Å². The van der Waals surface area contributed by atoms with E-state index in [2.05, 4.69) is 12.2 Å². The van der Waals surface area contributed by atoms with E-state index in [4.69, 9.17) is 0 Å². The summed E-state index contributed by atoms with van der Waals surface area (Å²) in [7, 11) is -2.86. The lowest BCUT2D eigenvalue weighted by Crippen LogP contribution is -2.46. The van der Waals surface area contributed by atoms with Crippen molar-refractivity contribution in [2.75, 3.05) is 18.1 Å². The van der Waals surface area contributed by atoms with Crippen molar-refractivity contribution in [1.82, 2.24) is 5.32 Å². The Morgan fingerprint density at radius 2 is 1.71 bits per heavy atom. The topological polar surface area (TPSA) is 63.2 Å². The first-order valence-corrected chi connectivity index (χ1v) is 11.3. The van der Waals surface area contributed by atoms with E-state index >= 15 is 0 Å². The highest BCUT2D eigenvalue weighted by Gasteiger charge is 2.51. The number of hydrogen-bond acceptors (Lipinski definition) is 3. The molecule has 4 aliphatic carbocycles. The van der Waals surface area contributed by atoms with Crippen molar-refractivity contribution >= 4 is 15.7 Å². The Bertz CT molecular complexity index is 629. The van der Waals surface area contributed by atoms with Gasteiger partial charge in [-0.3, -0.25) is 4.79 Å². The van der Waals surface area contributed by atoms with Crippen molar-refractivity contribution in [3.8, 4) is 0 Å². The van der Waals surface area contributed by atoms with E-state index in [1.165, 1.54) is 44.1 Å². The van der Waals surface area contributed by atoms with Gasteiger partial charge in [-0.2, -0.15) is 0 Å². The molecule has 0 radical (unpaired) electrons. The van der Waals surface area contributed by atoms with E-state index in [9.17, 15) is 13.2 Å². The van der Waals surface area contributed by atoms with Crippen molar-refractivity contribution in [3.05, 3.63) is 11.6 Å². The molecule has 0 aromatic carbocycles. The second-order valence-electron chi connectivity index (χ2n) is 9.04. The van der Waals surface area contributed by atoms with Crippen molar-refractivity contribution in [2.24, 2.45) is 29.1 Å². The van der Waals surface area contributed by atoms with Crippen LogP contribution in [0.15, 0.2) is 11.6 Å². The molecule has 0 spiro atoms. The number of sulfone groups is 1. The van der Waals surface area contributed by atoms with Crippen molar-refractivity contribution in [2.45, 2.75) is 51.9 Å². The lowest BCUT2D eigenvalue weighted by atomic mass is 9.48. The van der Waals surface area contributed by atoms with Gasteiger partial charge < -0.3 is 5.32 Å². The molecule has 1 saturated heterocycles. The molecule has 4 nitrogen and oxygen atoms in total. The van der Waals surface area contributed by atoms with Crippen LogP contribution in [0.1, 0.15) is 51.9 Å². The molecule has 5 aliphatic rings. The van der Waals surface area contributed by atoms with Crippen LogP contribution in [0.25, 0.3) is 0 Å². The maximum absolute atomic E-state index is 12.3. The van der Waals surface area contributed by atoms with Crippen LogP contribution >= 0.6 is 0 Å². The zero-order valence-corrected chi connectivity index (χ0v) is 15.4. The van der Waals surface area contributed by atoms with E-state index in [0.717, 1.165) is 17.8 Å². The van der Waals surface area contributed by atoms with Gasteiger partial charge in [-0.05, 0) is 81.0 Å². The van der Waals surface area contributed by atoms with Crippen LogP contribution in [0.2, 0.25) is 0 Å². The molecular weight excluding hydrogens is 322 g/mol. The molecule has 5 rings (SSSR count). The summed E-state index contributed by atoms with van der Waals surface area (Å²) in [6, 6.07) is 0. The van der Waals surface area contributed by atoms with E-state index in [0.29, 0.717) is 13.0 Å². The van der Waals surface area contributed by atoms with Gasteiger partial charge in [0, 0.05) is 12.6 Å². The van der Waals surface area contributed by atoms with Gasteiger partial charge in [0.25, 0.3) is 0 Å². The van der Waals surface area contributed by atoms with Crippen molar-refractivity contribution in [1.29, 1.82) is 0 Å². The summed E-state index contributed by atoms with van der Waals surface area (Å²) in [5, 5.41) is 2.95. The summed E-state index contributed by atoms with van der Waals surface area (Å²) in [5.41, 5.74) is 1.54. The molecule has 24 heavy (non-hydrogen) atoms. The fourth-order valence-electron chi connectivity index (χ4n) is 6.27. The quantitative estimate of drug-likeness (QED) is 0.792. The molecule has 5 fully saturated rings. The highest BCUT2D eigenvalue weighted by molar-refractivity contribution is 7.91. The molecule has 1 heterocycles. The first-order valence-electron chi connectivity index (χ1n) is 9.51. The third kappa shape index (κ3) is 3.16. The van der Waals surface area contributed by atoms with Crippen LogP contribution in [0, 0.1) is 29.1 Å². The number of amides is 1. The third-order valence-electron chi connectivity index (χ3n) is 7.11. The Balaban J connectivity index is 1.37. The standard InChI is InChI=1S/C19H29NO3S/c1-13(4-18(21)20-11-14-2-3-24(22,23)12-14)19-8-15-5-16(9-19)7-17(6-15)10-19/h4,14-17H,2-3,5-12H2,1H3,(H,20,21). The van der Waals surface area contributed by atoms with Crippen LogP contribution in [0.3, 0.4) is 0 Å². The summed E-state index contributed by atoms with van der Waals surface area (Å²) in [6.45, 7) is 2.63. The lowest BCUT2D eigenvalue weighted by molar-refractivity contribution is -0.116. The van der Waals surface area contributed by atoms with Crippen LogP contribution < -0.4 is 5.32 Å². The average molecular weight is 352 g/mol. The van der Waals surface area contributed by atoms with Gasteiger partial charge in [-0.1, -0.05) is 5.57 Å². The Labute approximate surface area is 145 Å². The molecular formula is C19H29NO3S. The lowest BCUT2D eigenvalue weighted by Gasteiger charge is -2.57. The van der Waals surface area contributed by atoms with E-state index in [-0.39, 0.29) is 28.7 Å². The van der Waals surface area contributed by atoms with Crippen LogP contribution in [-0.2, 0) is 14.6 Å². The molecule has 1 atom stereocenters. The minimum Gasteiger partial charge on any atom is -0.352 e.